The van der Waals surface area contributed by atoms with Crippen LogP contribution in [-0.4, -0.2) is 30.0 Å². The van der Waals surface area contributed by atoms with Gasteiger partial charge in [0, 0.05) is 17.8 Å². The minimum Gasteiger partial charge on any atom is -0.497 e. The van der Waals surface area contributed by atoms with E-state index in [1.165, 1.54) is 4.57 Å². The molecule has 0 fully saturated rings. The lowest BCUT2D eigenvalue weighted by Crippen LogP contribution is -2.41. The Hall–Kier alpha value is -5.02. The molecule has 0 spiro atoms. The molecule has 41 heavy (non-hydrogen) atoms. The molecule has 3 aromatic carbocycles. The van der Waals surface area contributed by atoms with Crippen LogP contribution in [0.15, 0.2) is 113 Å². The van der Waals surface area contributed by atoms with Crippen molar-refractivity contribution in [1.29, 1.82) is 0 Å². The molecule has 2 amide bonds. The number of hydrogen-bond acceptors (Lipinski definition) is 6. The Morgan fingerprint density at radius 1 is 1.07 bits per heavy atom. The van der Waals surface area contributed by atoms with Crippen molar-refractivity contribution >= 4 is 40.1 Å². The molecule has 0 saturated heterocycles. The number of fused-ring (bicyclic) bond motifs is 2. The molecule has 2 aliphatic rings. The quantitative estimate of drug-likeness (QED) is 0.362. The number of nitrogens with zero attached hydrogens (tertiary/aromatic N) is 3. The summed E-state index contributed by atoms with van der Waals surface area (Å²) < 4.78 is 7.26. The molecule has 0 unspecified atom stereocenters. The van der Waals surface area contributed by atoms with Crippen molar-refractivity contribution in [3.8, 4) is 5.75 Å². The lowest BCUT2D eigenvalue weighted by atomic mass is 9.95. The molecule has 2 aliphatic heterocycles. The van der Waals surface area contributed by atoms with Gasteiger partial charge in [-0.15, -0.1) is 6.58 Å². The van der Waals surface area contributed by atoms with Crippen LogP contribution in [0.1, 0.15) is 24.1 Å². The number of thiazole rings is 1. The molecule has 9 heteroatoms. The second-order valence-electron chi connectivity index (χ2n) is 9.60. The molecule has 1 atom stereocenters. The molecule has 3 heterocycles. The lowest BCUT2D eigenvalue weighted by Gasteiger charge is -2.25. The van der Waals surface area contributed by atoms with Gasteiger partial charge in [0.1, 0.15) is 10.3 Å². The fourth-order valence-corrected chi connectivity index (χ4v) is 6.46. The number of carbonyl (C=O) groups excluding carboxylic acids is 2. The van der Waals surface area contributed by atoms with Crippen molar-refractivity contribution in [3.05, 3.63) is 134 Å². The van der Waals surface area contributed by atoms with Crippen molar-refractivity contribution in [3.63, 3.8) is 0 Å². The minimum absolute atomic E-state index is 0.271. The van der Waals surface area contributed by atoms with Crippen LogP contribution in [0.25, 0.3) is 5.57 Å². The first-order valence-corrected chi connectivity index (χ1v) is 13.8. The number of allylic oxidation sites excluding steroid dienone is 1. The highest BCUT2D eigenvalue weighted by Crippen LogP contribution is 2.36. The first-order valence-electron chi connectivity index (χ1n) is 13.0. The van der Waals surface area contributed by atoms with Crippen LogP contribution in [0.4, 0.5) is 11.4 Å². The monoisotopic (exact) mass is 562 g/mol. The van der Waals surface area contributed by atoms with Crippen LogP contribution in [0.2, 0.25) is 0 Å². The van der Waals surface area contributed by atoms with Crippen molar-refractivity contribution in [2.24, 2.45) is 4.99 Å². The second kappa shape index (κ2) is 10.5. The van der Waals surface area contributed by atoms with Gasteiger partial charge in [-0.3, -0.25) is 19.0 Å². The van der Waals surface area contributed by atoms with E-state index >= 15 is 0 Å². The van der Waals surface area contributed by atoms with E-state index in [-0.39, 0.29) is 16.3 Å². The summed E-state index contributed by atoms with van der Waals surface area (Å²) in [6, 6.07) is 23.0. The van der Waals surface area contributed by atoms with Crippen molar-refractivity contribution < 1.29 is 14.3 Å². The Morgan fingerprint density at radius 2 is 1.83 bits per heavy atom. The van der Waals surface area contributed by atoms with Gasteiger partial charge in [-0.25, -0.2) is 4.99 Å². The molecule has 6 rings (SSSR count). The van der Waals surface area contributed by atoms with Gasteiger partial charge < -0.3 is 15.0 Å². The normalized spacial score (nSPS) is 17.1. The molecule has 8 nitrogen and oxygen atoms in total. The number of para-hydroxylation sites is 2. The number of anilines is 2. The van der Waals surface area contributed by atoms with Crippen LogP contribution in [0.5, 0.6) is 5.75 Å². The third-order valence-corrected chi connectivity index (χ3v) is 8.20. The maximum atomic E-state index is 14.3. The molecule has 204 valence electrons. The van der Waals surface area contributed by atoms with E-state index in [1.807, 2.05) is 60.7 Å². The average molecular weight is 563 g/mol. The number of methoxy groups -OCH3 is 1. The Balaban J connectivity index is 1.59. The fraction of sp³-hybridized carbons (Fsp3) is 0.125. The SMILES string of the molecule is C=CCN1C(=O)/C(=c2/sc3n(c2=O)[C@H](c2cccc(OC)c2)C(C(=O)Nc2ccccc2)=C(C)N=3)c2ccccc21. The maximum Gasteiger partial charge on any atom is 0.271 e. The molecule has 1 N–H and O–H groups in total. The fourth-order valence-electron chi connectivity index (χ4n) is 5.32. The number of ether oxygens (including phenoxy) is 1. The number of hydrogen-bond donors (Lipinski definition) is 1. The highest BCUT2D eigenvalue weighted by atomic mass is 32.1. The van der Waals surface area contributed by atoms with Gasteiger partial charge in [0.15, 0.2) is 4.80 Å². The van der Waals surface area contributed by atoms with E-state index in [2.05, 4.69) is 11.9 Å². The predicted molar refractivity (Wildman–Crippen MR) is 160 cm³/mol. The second-order valence-corrected chi connectivity index (χ2v) is 10.6. The van der Waals surface area contributed by atoms with Gasteiger partial charge in [0.2, 0.25) is 0 Å². The molecule has 0 bridgehead atoms. The summed E-state index contributed by atoms with van der Waals surface area (Å²) >= 11 is 1.15. The Morgan fingerprint density at radius 3 is 2.59 bits per heavy atom. The summed E-state index contributed by atoms with van der Waals surface area (Å²) in [7, 11) is 1.56. The van der Waals surface area contributed by atoms with Crippen molar-refractivity contribution in [1.82, 2.24) is 4.57 Å². The van der Waals surface area contributed by atoms with Gasteiger partial charge in [-0.2, -0.15) is 0 Å². The molecule has 0 aliphatic carbocycles. The van der Waals surface area contributed by atoms with Gasteiger partial charge in [0.25, 0.3) is 17.4 Å². The zero-order chi connectivity index (χ0) is 28.7. The zero-order valence-corrected chi connectivity index (χ0v) is 23.3. The number of benzene rings is 3. The molecule has 0 saturated carbocycles. The van der Waals surface area contributed by atoms with E-state index < -0.39 is 11.6 Å². The van der Waals surface area contributed by atoms with Gasteiger partial charge >= 0.3 is 0 Å². The van der Waals surface area contributed by atoms with Crippen molar-refractivity contribution in [2.45, 2.75) is 13.0 Å². The Bertz CT molecular complexity index is 1940. The molecule has 0 radical (unpaired) electrons. The maximum absolute atomic E-state index is 14.3. The van der Waals surface area contributed by atoms with Crippen LogP contribution in [0, 0.1) is 0 Å². The topological polar surface area (TPSA) is 93.0 Å². The van der Waals surface area contributed by atoms with E-state index in [4.69, 9.17) is 9.73 Å². The van der Waals surface area contributed by atoms with E-state index in [1.54, 1.807) is 43.2 Å². The number of aromatic nitrogens is 1. The first-order chi connectivity index (χ1) is 19.9. The van der Waals surface area contributed by atoms with Crippen LogP contribution >= 0.6 is 11.3 Å². The number of amides is 2. The summed E-state index contributed by atoms with van der Waals surface area (Å²) in [5.41, 5.74) is 3.46. The summed E-state index contributed by atoms with van der Waals surface area (Å²) in [5.74, 6) is -0.0559. The summed E-state index contributed by atoms with van der Waals surface area (Å²) in [4.78, 5) is 48.5. The van der Waals surface area contributed by atoms with E-state index in [0.29, 0.717) is 50.8 Å². The third kappa shape index (κ3) is 4.40. The summed E-state index contributed by atoms with van der Waals surface area (Å²) in [6.07, 6.45) is 1.66. The average Bonchev–Trinajstić information content (AvgIpc) is 3.45. The number of rotatable bonds is 6. The van der Waals surface area contributed by atoms with Gasteiger partial charge in [-0.05, 0) is 42.8 Å². The van der Waals surface area contributed by atoms with Crippen molar-refractivity contribution in [2.75, 3.05) is 23.9 Å². The van der Waals surface area contributed by atoms with E-state index in [9.17, 15) is 14.4 Å². The number of carbonyl (C=O) groups is 2. The van der Waals surface area contributed by atoms with E-state index in [0.717, 1.165) is 17.0 Å². The van der Waals surface area contributed by atoms with Crippen LogP contribution in [0.3, 0.4) is 0 Å². The standard InChI is InChI=1S/C32H26N4O4S/c1-4-17-35-24-16-9-8-15-23(24)26(30(35)38)28-31(39)36-27(20-11-10-14-22(18-20)40-3)25(19(2)33-32(36)41-28)29(37)34-21-12-6-5-7-13-21/h4-16,18,27H,1,17H2,2-3H3,(H,34,37)/b28-26+/t27-/m1/s1. The van der Waals surface area contributed by atoms with Crippen LogP contribution < -0.4 is 29.8 Å². The predicted octanol–water partition coefficient (Wildman–Crippen LogP) is 3.79. The largest absolute Gasteiger partial charge is 0.497 e. The molecular formula is C32H26N4O4S. The highest BCUT2D eigenvalue weighted by Gasteiger charge is 2.36. The lowest BCUT2D eigenvalue weighted by molar-refractivity contribution is -0.114. The molecule has 1 aromatic heterocycles. The zero-order valence-electron chi connectivity index (χ0n) is 22.5. The van der Waals surface area contributed by atoms with Gasteiger partial charge in [-0.1, -0.05) is 65.9 Å². The Kier molecular flexibility index (Phi) is 6.72. The Labute approximate surface area is 239 Å². The highest BCUT2D eigenvalue weighted by molar-refractivity contribution is 7.07. The molecule has 4 aromatic rings. The smallest absolute Gasteiger partial charge is 0.271 e. The van der Waals surface area contributed by atoms with Crippen LogP contribution in [-0.2, 0) is 9.59 Å². The van der Waals surface area contributed by atoms with Gasteiger partial charge in [0.05, 0.1) is 35.7 Å². The third-order valence-electron chi connectivity index (χ3n) is 7.15. The number of nitrogens with one attached hydrogen (secondary N) is 1. The minimum atomic E-state index is -0.796. The summed E-state index contributed by atoms with van der Waals surface area (Å²) in [5, 5.41) is 2.95. The summed E-state index contributed by atoms with van der Waals surface area (Å²) in [6.45, 7) is 5.86. The first kappa shape index (κ1) is 26.2. The molecular weight excluding hydrogens is 536 g/mol.